The molecule has 39 heavy (non-hydrogen) atoms. The molecule has 0 radical (unpaired) electrons. The first-order chi connectivity index (χ1) is 18.4. The largest absolute Gasteiger partial charge is 0.443 e. The van der Waals surface area contributed by atoms with Crippen LogP contribution in [0.25, 0.3) is 22.2 Å². The number of pyridine rings is 1. The molecule has 4 heterocycles. The van der Waals surface area contributed by atoms with Crippen LogP contribution in [0.2, 0.25) is 0 Å². The highest BCUT2D eigenvalue weighted by Gasteiger charge is 2.37. The summed E-state index contributed by atoms with van der Waals surface area (Å²) in [5, 5.41) is 3.38. The third kappa shape index (κ3) is 5.83. The molecule has 2 fully saturated rings. The topological polar surface area (TPSA) is 74.6 Å². The van der Waals surface area contributed by atoms with Gasteiger partial charge in [0.25, 0.3) is 0 Å². The fourth-order valence-corrected chi connectivity index (χ4v) is 5.53. The lowest BCUT2D eigenvalue weighted by molar-refractivity contribution is -0.136. The molecule has 2 saturated heterocycles. The van der Waals surface area contributed by atoms with Crippen molar-refractivity contribution in [2.75, 3.05) is 33.0 Å². The summed E-state index contributed by atoms with van der Waals surface area (Å²) in [4.78, 5) is 17.1. The fraction of sp³-hybridized carbons (Fsp3) is 0.517. The van der Waals surface area contributed by atoms with Crippen LogP contribution in [0.1, 0.15) is 67.8 Å². The number of benzene rings is 1. The van der Waals surface area contributed by atoms with Gasteiger partial charge in [0.2, 0.25) is 0 Å². The fourth-order valence-electron chi connectivity index (χ4n) is 5.53. The summed E-state index contributed by atoms with van der Waals surface area (Å²) in [5.41, 5.74) is 2.82. The van der Waals surface area contributed by atoms with Crippen LogP contribution in [0.3, 0.4) is 0 Å². The zero-order chi connectivity index (χ0) is 27.9. The molecule has 210 valence electrons. The summed E-state index contributed by atoms with van der Waals surface area (Å²) in [6, 6.07) is 5.50. The molecule has 1 N–H and O–H groups in total. The first-order valence-corrected chi connectivity index (χ1v) is 13.3. The van der Waals surface area contributed by atoms with E-state index >= 15 is 0 Å². The van der Waals surface area contributed by atoms with Gasteiger partial charge >= 0.3 is 12.3 Å². The maximum atomic E-state index is 14.1. The van der Waals surface area contributed by atoms with Crippen molar-refractivity contribution >= 4 is 17.1 Å². The van der Waals surface area contributed by atoms with Crippen LogP contribution < -0.4 is 5.32 Å². The van der Waals surface area contributed by atoms with E-state index in [1.165, 1.54) is 17.8 Å². The van der Waals surface area contributed by atoms with E-state index in [4.69, 9.17) is 14.2 Å². The molecule has 0 bridgehead atoms. The van der Waals surface area contributed by atoms with Crippen LogP contribution in [0.4, 0.5) is 18.0 Å². The van der Waals surface area contributed by atoms with E-state index in [2.05, 4.69) is 10.3 Å². The van der Waals surface area contributed by atoms with Gasteiger partial charge in [-0.3, -0.25) is 0 Å². The van der Waals surface area contributed by atoms with Gasteiger partial charge in [-0.05, 0) is 80.8 Å². The summed E-state index contributed by atoms with van der Waals surface area (Å²) in [6.07, 6.45) is -1.47. The average molecular weight is 546 g/mol. The first-order valence-electron chi connectivity index (χ1n) is 13.3. The predicted octanol–water partition coefficient (Wildman–Crippen LogP) is 6.37. The van der Waals surface area contributed by atoms with Crippen molar-refractivity contribution in [3.63, 3.8) is 0 Å². The number of rotatable bonds is 3. The van der Waals surface area contributed by atoms with Crippen molar-refractivity contribution in [2.45, 2.75) is 64.3 Å². The Morgan fingerprint density at radius 1 is 1.08 bits per heavy atom. The van der Waals surface area contributed by atoms with Gasteiger partial charge in [0.1, 0.15) is 11.2 Å². The van der Waals surface area contributed by atoms with E-state index in [9.17, 15) is 18.0 Å². The lowest BCUT2D eigenvalue weighted by atomic mass is 9.81. The Hall–Kier alpha value is -2.95. The molecule has 1 aromatic carbocycles. The number of carbonyl (C=O) groups excluding carboxylic acids is 1. The highest BCUT2D eigenvalue weighted by Crippen LogP contribution is 2.40. The van der Waals surface area contributed by atoms with Crippen molar-refractivity contribution < 1.29 is 32.2 Å². The van der Waals surface area contributed by atoms with Gasteiger partial charge in [-0.25, -0.2) is 14.3 Å². The van der Waals surface area contributed by atoms with Gasteiger partial charge in [-0.2, -0.15) is 13.2 Å². The zero-order valence-electron chi connectivity index (χ0n) is 22.7. The Morgan fingerprint density at radius 2 is 1.82 bits per heavy atom. The SMILES string of the molecule is Cc1cc(-c2cnc3c(c2)c(C(F)(F)F)cn3C(=O)OC(C)(C)C)cc([C@@H]2COCCN2)c1C1CCOCC1. The van der Waals surface area contributed by atoms with Crippen molar-refractivity contribution in [3.05, 3.63) is 52.8 Å². The Morgan fingerprint density at radius 3 is 2.46 bits per heavy atom. The summed E-state index contributed by atoms with van der Waals surface area (Å²) < 4.78 is 59.7. The number of morpholine rings is 1. The molecule has 10 heteroatoms. The molecule has 7 nitrogen and oxygen atoms in total. The van der Waals surface area contributed by atoms with E-state index in [0.29, 0.717) is 37.9 Å². The minimum atomic E-state index is -4.68. The van der Waals surface area contributed by atoms with E-state index in [1.54, 1.807) is 20.8 Å². The second kappa shape index (κ2) is 10.6. The number of ether oxygens (including phenoxy) is 3. The average Bonchev–Trinajstić information content (AvgIpc) is 3.28. The molecular weight excluding hydrogens is 511 g/mol. The maximum Gasteiger partial charge on any atom is 0.420 e. The van der Waals surface area contributed by atoms with E-state index < -0.39 is 23.4 Å². The van der Waals surface area contributed by atoms with Crippen LogP contribution in [-0.2, 0) is 20.4 Å². The van der Waals surface area contributed by atoms with Crippen LogP contribution in [-0.4, -0.2) is 54.2 Å². The Balaban J connectivity index is 1.63. The molecule has 0 amide bonds. The third-order valence-electron chi connectivity index (χ3n) is 7.22. The number of hydrogen-bond donors (Lipinski definition) is 1. The number of halogens is 3. The first kappa shape index (κ1) is 27.6. The van der Waals surface area contributed by atoms with Gasteiger partial charge in [0.05, 0.1) is 24.8 Å². The van der Waals surface area contributed by atoms with Crippen LogP contribution >= 0.6 is 0 Å². The molecule has 0 aliphatic carbocycles. The number of aryl methyl sites for hydroxylation is 1. The number of nitrogens with one attached hydrogen (secondary N) is 1. The minimum absolute atomic E-state index is 0.0223. The van der Waals surface area contributed by atoms with Crippen molar-refractivity contribution in [1.29, 1.82) is 0 Å². The monoisotopic (exact) mass is 545 g/mol. The Kier molecular flexibility index (Phi) is 7.47. The second-order valence-electron chi connectivity index (χ2n) is 11.3. The lowest BCUT2D eigenvalue weighted by Gasteiger charge is -2.32. The number of fused-ring (bicyclic) bond motifs is 1. The number of alkyl halides is 3. The van der Waals surface area contributed by atoms with Gasteiger partial charge < -0.3 is 19.5 Å². The Bertz CT molecular complexity index is 1360. The quantitative estimate of drug-likeness (QED) is 0.412. The van der Waals surface area contributed by atoms with Crippen LogP contribution in [0, 0.1) is 6.92 Å². The summed E-state index contributed by atoms with van der Waals surface area (Å²) in [5.74, 6) is 0.340. The van der Waals surface area contributed by atoms with Crippen molar-refractivity contribution in [3.8, 4) is 11.1 Å². The van der Waals surface area contributed by atoms with Crippen LogP contribution in [0.5, 0.6) is 0 Å². The summed E-state index contributed by atoms with van der Waals surface area (Å²) in [7, 11) is 0. The second-order valence-corrected chi connectivity index (χ2v) is 11.3. The summed E-state index contributed by atoms with van der Waals surface area (Å²) in [6.45, 7) is 10.3. The van der Waals surface area contributed by atoms with Crippen molar-refractivity contribution in [2.24, 2.45) is 0 Å². The molecule has 2 aromatic heterocycles. The number of carbonyl (C=O) groups is 1. The van der Waals surface area contributed by atoms with Gasteiger partial charge in [-0.1, -0.05) is 6.07 Å². The molecule has 0 spiro atoms. The normalized spacial score (nSPS) is 19.4. The maximum absolute atomic E-state index is 14.1. The molecule has 1 atom stereocenters. The zero-order valence-corrected chi connectivity index (χ0v) is 22.7. The molecule has 3 aromatic rings. The number of nitrogens with zero attached hydrogens (tertiary/aromatic N) is 2. The van der Waals surface area contributed by atoms with Gasteiger partial charge in [-0.15, -0.1) is 0 Å². The minimum Gasteiger partial charge on any atom is -0.443 e. The summed E-state index contributed by atoms with van der Waals surface area (Å²) >= 11 is 0. The lowest BCUT2D eigenvalue weighted by Crippen LogP contribution is -2.35. The predicted molar refractivity (Wildman–Crippen MR) is 141 cm³/mol. The smallest absolute Gasteiger partial charge is 0.420 e. The molecule has 0 unspecified atom stereocenters. The third-order valence-corrected chi connectivity index (χ3v) is 7.22. The van der Waals surface area contributed by atoms with E-state index in [1.807, 2.05) is 19.1 Å². The van der Waals surface area contributed by atoms with Gasteiger partial charge in [0, 0.05) is 43.1 Å². The molecule has 2 aliphatic rings. The van der Waals surface area contributed by atoms with E-state index in [0.717, 1.165) is 46.8 Å². The molecule has 2 aliphatic heterocycles. The molecule has 5 rings (SSSR count). The molecular formula is C29H34F3N3O4. The number of aromatic nitrogens is 2. The number of hydrogen-bond acceptors (Lipinski definition) is 6. The Labute approximate surface area is 225 Å². The highest BCUT2D eigenvalue weighted by atomic mass is 19.4. The van der Waals surface area contributed by atoms with Crippen molar-refractivity contribution in [1.82, 2.24) is 14.9 Å². The van der Waals surface area contributed by atoms with E-state index in [-0.39, 0.29) is 17.1 Å². The highest BCUT2D eigenvalue weighted by molar-refractivity contribution is 5.92. The van der Waals surface area contributed by atoms with Gasteiger partial charge in [0.15, 0.2) is 0 Å². The standard InChI is InChI=1S/C29H34F3N3O4/c1-17-11-19(12-22(24-16-38-10-7-33-24)25(17)18-5-8-37-9-6-18)20-13-21-23(29(30,31)32)15-35(26(21)34-14-20)27(36)39-28(2,3)4/h11-15,18,24,33H,5-10,16H2,1-4H3/t24-/m0/s1. The van der Waals surface area contributed by atoms with Crippen LogP contribution in [0.15, 0.2) is 30.6 Å². The molecule has 0 saturated carbocycles.